The molecule has 0 heterocycles. The van der Waals surface area contributed by atoms with E-state index in [1.165, 1.54) is 27.8 Å². The largest absolute Gasteiger partial charge is 0.147 e. The summed E-state index contributed by atoms with van der Waals surface area (Å²) in [5.74, 6) is 0. The van der Waals surface area contributed by atoms with Crippen LogP contribution in [0.3, 0.4) is 0 Å². The summed E-state index contributed by atoms with van der Waals surface area (Å²) in [7, 11) is -0.406. The van der Waals surface area contributed by atoms with Gasteiger partial charge in [-0.2, -0.15) is 0 Å². The fraction of sp³-hybridized carbons (Fsp3) is 0.222. The van der Waals surface area contributed by atoms with Gasteiger partial charge in [-0.25, -0.2) is 0 Å². The molecule has 0 aromatic heterocycles. The molecule has 0 nitrogen and oxygen atoms in total. The second-order valence-electron chi connectivity index (χ2n) is 5.86. The van der Waals surface area contributed by atoms with E-state index in [0.717, 1.165) is 0 Å². The SMILES string of the molecule is CC1=Cc2ccccc2[C]1([Ti])[SiH2]c1cccc(C)c1C.Cl.Cl.Cl. The summed E-state index contributed by atoms with van der Waals surface area (Å²) in [6, 6.07) is 15.7. The van der Waals surface area contributed by atoms with E-state index in [0.29, 0.717) is 0 Å². The third-order valence-electron chi connectivity index (χ3n) is 4.64. The van der Waals surface area contributed by atoms with Gasteiger partial charge in [-0.3, -0.25) is 0 Å². The fourth-order valence-corrected chi connectivity index (χ4v) is 6.73. The van der Waals surface area contributed by atoms with Crippen molar-refractivity contribution in [2.24, 2.45) is 0 Å². The standard InChI is InChI=1S/C18H19Si.3ClH.Ti/c1-12-7-6-10-17(14(12)3)19-18-13(2)11-15-8-4-5-9-16(15)18;;;;/h4-11H,19H2,1-3H3;3*1H;. The second-order valence-corrected chi connectivity index (χ2v) is 10.5. The molecule has 0 bridgehead atoms. The van der Waals surface area contributed by atoms with Crippen molar-refractivity contribution in [3.8, 4) is 0 Å². The molecule has 0 saturated heterocycles. The van der Waals surface area contributed by atoms with Crippen LogP contribution >= 0.6 is 37.2 Å². The molecule has 3 rings (SSSR count). The molecule has 123 valence electrons. The maximum absolute atomic E-state index is 2.44. The third kappa shape index (κ3) is 4.15. The predicted molar refractivity (Wildman–Crippen MR) is 108 cm³/mol. The number of allylic oxidation sites excluding steroid dienone is 1. The molecule has 1 atom stereocenters. The van der Waals surface area contributed by atoms with E-state index < -0.39 is 9.52 Å². The monoisotopic (exact) mass is 419 g/mol. The number of hydrogen-bond donors (Lipinski definition) is 0. The van der Waals surface area contributed by atoms with Gasteiger partial charge in [-0.1, -0.05) is 0 Å². The van der Waals surface area contributed by atoms with Crippen molar-refractivity contribution in [3.05, 3.63) is 70.3 Å². The number of aryl methyl sites for hydroxylation is 1. The number of halogens is 3. The molecule has 1 aliphatic rings. The van der Waals surface area contributed by atoms with Crippen molar-refractivity contribution in [2.45, 2.75) is 24.1 Å². The topological polar surface area (TPSA) is 0 Å². The summed E-state index contributed by atoms with van der Waals surface area (Å²) in [5.41, 5.74) is 7.41. The maximum atomic E-state index is 2.44. The average molecular weight is 421 g/mol. The summed E-state index contributed by atoms with van der Waals surface area (Å²) in [6.07, 6.45) is 2.38. The first-order chi connectivity index (χ1) is 9.52. The van der Waals surface area contributed by atoms with Crippen molar-refractivity contribution in [2.75, 3.05) is 0 Å². The van der Waals surface area contributed by atoms with Crippen LogP contribution < -0.4 is 5.19 Å². The van der Waals surface area contributed by atoms with Crippen LogP contribution in [0.5, 0.6) is 0 Å². The normalized spacial score (nSPS) is 18.4. The quantitative estimate of drug-likeness (QED) is 0.640. The van der Waals surface area contributed by atoms with Crippen LogP contribution in [0.15, 0.2) is 48.0 Å². The van der Waals surface area contributed by atoms with Gasteiger partial charge in [0, 0.05) is 0 Å². The van der Waals surface area contributed by atoms with Crippen LogP contribution in [-0.4, -0.2) is 9.52 Å². The van der Waals surface area contributed by atoms with Crippen molar-refractivity contribution in [1.29, 1.82) is 0 Å². The number of rotatable bonds is 2. The van der Waals surface area contributed by atoms with Crippen molar-refractivity contribution in [1.82, 2.24) is 0 Å². The number of hydrogen-bond acceptors (Lipinski definition) is 0. The molecule has 0 fully saturated rings. The molecule has 1 aliphatic carbocycles. The van der Waals surface area contributed by atoms with Crippen molar-refractivity contribution < 1.29 is 20.4 Å². The summed E-state index contributed by atoms with van der Waals surface area (Å²) in [6.45, 7) is 6.81. The smallest absolute Gasteiger partial charge is 0.147 e. The Morgan fingerprint density at radius 2 is 1.52 bits per heavy atom. The zero-order valence-corrected chi connectivity index (χ0v) is 19.0. The molecular weight excluding hydrogens is 399 g/mol. The minimum Gasteiger partial charge on any atom is -0.147 e. The maximum Gasteiger partial charge on any atom is -0.147 e. The first-order valence-corrected chi connectivity index (χ1v) is 9.30. The van der Waals surface area contributed by atoms with Crippen molar-refractivity contribution >= 4 is 58.0 Å². The zero-order chi connectivity index (χ0) is 14.3. The van der Waals surface area contributed by atoms with E-state index in [-0.39, 0.29) is 40.6 Å². The first-order valence-electron chi connectivity index (χ1n) is 7.11. The number of benzene rings is 2. The van der Waals surface area contributed by atoms with E-state index in [4.69, 9.17) is 0 Å². The second kappa shape index (κ2) is 8.90. The van der Waals surface area contributed by atoms with Gasteiger partial charge in [0.1, 0.15) is 0 Å². The summed E-state index contributed by atoms with van der Waals surface area (Å²) in [5, 5.41) is 1.61. The van der Waals surface area contributed by atoms with Gasteiger partial charge >= 0.3 is 136 Å². The molecule has 0 aliphatic heterocycles. The minimum absolute atomic E-state index is 0. The molecule has 0 N–H and O–H groups in total. The van der Waals surface area contributed by atoms with E-state index >= 15 is 0 Å². The van der Waals surface area contributed by atoms with Crippen LogP contribution in [0.1, 0.15) is 29.2 Å². The van der Waals surface area contributed by atoms with Crippen LogP contribution in [0, 0.1) is 13.8 Å². The average Bonchev–Trinajstić information content (AvgIpc) is 2.68. The molecule has 2 aromatic rings. The van der Waals surface area contributed by atoms with E-state index in [1.54, 1.807) is 5.19 Å². The van der Waals surface area contributed by atoms with Gasteiger partial charge in [0.15, 0.2) is 0 Å². The molecule has 23 heavy (non-hydrogen) atoms. The van der Waals surface area contributed by atoms with Gasteiger partial charge in [-0.15, -0.1) is 37.2 Å². The Morgan fingerprint density at radius 1 is 0.870 bits per heavy atom. The van der Waals surface area contributed by atoms with Crippen molar-refractivity contribution in [3.63, 3.8) is 0 Å². The molecule has 5 heteroatoms. The molecule has 0 spiro atoms. The van der Waals surface area contributed by atoms with Gasteiger partial charge in [0.05, 0.1) is 0 Å². The Morgan fingerprint density at radius 3 is 2.22 bits per heavy atom. The van der Waals surface area contributed by atoms with Crippen LogP contribution in [0.25, 0.3) is 6.08 Å². The van der Waals surface area contributed by atoms with Crippen LogP contribution in [0.4, 0.5) is 0 Å². The third-order valence-corrected chi connectivity index (χ3v) is 9.12. The number of fused-ring (bicyclic) bond motifs is 1. The predicted octanol–water partition coefficient (Wildman–Crippen LogP) is 4.18. The van der Waals surface area contributed by atoms with E-state index in [2.05, 4.69) is 89.7 Å². The zero-order valence-electron chi connectivity index (χ0n) is 13.6. The van der Waals surface area contributed by atoms with E-state index in [1.807, 2.05) is 0 Å². The first kappa shape index (κ1) is 23.0. The summed E-state index contributed by atoms with van der Waals surface area (Å²) < 4.78 is 0.273. The summed E-state index contributed by atoms with van der Waals surface area (Å²) in [4.78, 5) is 0. The van der Waals surface area contributed by atoms with Gasteiger partial charge in [0.2, 0.25) is 0 Å². The van der Waals surface area contributed by atoms with Gasteiger partial charge in [0.25, 0.3) is 0 Å². The Hall–Kier alpha value is -0.0188. The Bertz CT molecular complexity index is 715. The summed E-state index contributed by atoms with van der Waals surface area (Å²) >= 11 is 2.44. The Labute approximate surface area is 172 Å². The molecule has 0 radical (unpaired) electrons. The van der Waals surface area contributed by atoms with Crippen LogP contribution in [-0.2, 0) is 23.8 Å². The Kier molecular flexibility index (Phi) is 8.89. The molecule has 0 amide bonds. The molecule has 2 aromatic carbocycles. The van der Waals surface area contributed by atoms with Gasteiger partial charge < -0.3 is 0 Å². The fourth-order valence-electron chi connectivity index (χ4n) is 3.10. The molecular formula is C18H22Cl3SiTi. The van der Waals surface area contributed by atoms with E-state index in [9.17, 15) is 0 Å². The minimum atomic E-state index is -0.406. The van der Waals surface area contributed by atoms with Crippen LogP contribution in [0.2, 0.25) is 0 Å². The Balaban J connectivity index is 0.00000161. The van der Waals surface area contributed by atoms with Gasteiger partial charge in [-0.05, 0) is 0 Å². The molecule has 1 unspecified atom stereocenters. The molecule has 0 saturated carbocycles.